The van der Waals surface area contributed by atoms with Crippen molar-refractivity contribution >= 4 is 23.3 Å². The van der Waals surface area contributed by atoms with E-state index in [1.165, 1.54) is 19.3 Å². The molecule has 2 aliphatic carbocycles. The third-order valence-corrected chi connectivity index (χ3v) is 4.28. The topological polar surface area (TPSA) is 42.0 Å². The second-order valence-corrected chi connectivity index (χ2v) is 5.57. The van der Waals surface area contributed by atoms with Gasteiger partial charge in [-0.3, -0.25) is 4.79 Å². The molecule has 0 aliphatic heterocycles. The molecule has 1 aromatic rings. The number of aromatic nitrogens is 1. The number of carbonyl (C=O) groups excluding carboxylic acids is 1. The van der Waals surface area contributed by atoms with Gasteiger partial charge < -0.3 is 5.32 Å². The third-order valence-electron chi connectivity index (χ3n) is 4.05. The molecular formula is C13H15ClN2O. The predicted octanol–water partition coefficient (Wildman–Crippen LogP) is 3.11. The van der Waals surface area contributed by atoms with Gasteiger partial charge in [0.05, 0.1) is 0 Å². The average molecular weight is 251 g/mol. The number of hydrogen-bond donors (Lipinski definition) is 1. The van der Waals surface area contributed by atoms with Gasteiger partial charge in [0.1, 0.15) is 5.82 Å². The minimum atomic E-state index is 0.118. The number of pyridine rings is 1. The summed E-state index contributed by atoms with van der Waals surface area (Å²) in [5.74, 6) is 2.24. The van der Waals surface area contributed by atoms with Gasteiger partial charge in [-0.05, 0) is 43.2 Å². The van der Waals surface area contributed by atoms with Crippen LogP contribution in [0.1, 0.15) is 25.7 Å². The van der Waals surface area contributed by atoms with E-state index in [1.807, 2.05) is 0 Å². The lowest BCUT2D eigenvalue weighted by molar-refractivity contribution is -0.121. The van der Waals surface area contributed by atoms with Crippen LogP contribution in [0.15, 0.2) is 18.3 Å². The van der Waals surface area contributed by atoms with E-state index < -0.39 is 0 Å². The summed E-state index contributed by atoms with van der Waals surface area (Å²) in [6, 6.07) is 3.39. The molecule has 90 valence electrons. The Kier molecular flexibility index (Phi) is 2.79. The van der Waals surface area contributed by atoms with Gasteiger partial charge in [-0.2, -0.15) is 0 Å². The largest absolute Gasteiger partial charge is 0.310 e. The number of nitrogens with zero attached hydrogens (tertiary/aromatic N) is 1. The highest BCUT2D eigenvalue weighted by Crippen LogP contribution is 2.48. The second-order valence-electron chi connectivity index (χ2n) is 5.13. The lowest BCUT2D eigenvalue weighted by Gasteiger charge is -2.20. The van der Waals surface area contributed by atoms with Crippen molar-refractivity contribution in [3.8, 4) is 0 Å². The first-order valence-corrected chi connectivity index (χ1v) is 6.52. The average Bonchev–Trinajstić information content (AvgIpc) is 2.90. The molecule has 2 aliphatic rings. The molecule has 3 nitrogen and oxygen atoms in total. The molecule has 1 heterocycles. The highest BCUT2D eigenvalue weighted by molar-refractivity contribution is 6.30. The van der Waals surface area contributed by atoms with E-state index in [4.69, 9.17) is 11.6 Å². The maximum atomic E-state index is 12.1. The van der Waals surface area contributed by atoms with Crippen molar-refractivity contribution in [1.82, 2.24) is 4.98 Å². The van der Waals surface area contributed by atoms with Gasteiger partial charge in [-0.15, -0.1) is 0 Å². The summed E-state index contributed by atoms with van der Waals surface area (Å²) in [6.07, 6.45) is 6.42. The fourth-order valence-corrected chi connectivity index (χ4v) is 3.42. The van der Waals surface area contributed by atoms with Crippen LogP contribution < -0.4 is 5.32 Å². The van der Waals surface area contributed by atoms with Gasteiger partial charge in [0.25, 0.3) is 0 Å². The van der Waals surface area contributed by atoms with Crippen LogP contribution in [0.5, 0.6) is 0 Å². The summed E-state index contributed by atoms with van der Waals surface area (Å²) in [6.45, 7) is 0. The van der Waals surface area contributed by atoms with Gasteiger partial charge in [0.15, 0.2) is 0 Å². The minimum Gasteiger partial charge on any atom is -0.310 e. The number of hydrogen-bond acceptors (Lipinski definition) is 2. The zero-order valence-electron chi connectivity index (χ0n) is 9.53. The fraction of sp³-hybridized carbons (Fsp3) is 0.538. The van der Waals surface area contributed by atoms with Crippen LogP contribution in [0.2, 0.25) is 5.02 Å². The molecule has 0 radical (unpaired) electrons. The lowest BCUT2D eigenvalue weighted by atomic mass is 9.88. The Hall–Kier alpha value is -1.09. The second kappa shape index (κ2) is 4.30. The Balaban J connectivity index is 1.68. The molecule has 1 aromatic heterocycles. The first-order valence-electron chi connectivity index (χ1n) is 6.15. The van der Waals surface area contributed by atoms with Crippen LogP contribution in [0.4, 0.5) is 5.82 Å². The maximum Gasteiger partial charge on any atom is 0.228 e. The summed E-state index contributed by atoms with van der Waals surface area (Å²) in [7, 11) is 0. The van der Waals surface area contributed by atoms with Crippen molar-refractivity contribution in [2.75, 3.05) is 5.32 Å². The van der Waals surface area contributed by atoms with Gasteiger partial charge >= 0.3 is 0 Å². The molecule has 3 rings (SSSR count). The van der Waals surface area contributed by atoms with Gasteiger partial charge in [-0.1, -0.05) is 18.0 Å². The van der Waals surface area contributed by atoms with Crippen LogP contribution in [-0.2, 0) is 4.79 Å². The molecule has 3 atom stereocenters. The fourth-order valence-electron chi connectivity index (χ4n) is 3.26. The molecular weight excluding hydrogens is 236 g/mol. The third kappa shape index (κ3) is 2.16. The van der Waals surface area contributed by atoms with Crippen LogP contribution in [0, 0.1) is 17.8 Å². The molecule has 1 amide bonds. The van der Waals surface area contributed by atoms with Crippen molar-refractivity contribution < 1.29 is 4.79 Å². The van der Waals surface area contributed by atoms with E-state index >= 15 is 0 Å². The zero-order chi connectivity index (χ0) is 11.8. The van der Waals surface area contributed by atoms with E-state index in [-0.39, 0.29) is 11.8 Å². The molecule has 2 saturated carbocycles. The molecule has 3 unspecified atom stereocenters. The van der Waals surface area contributed by atoms with Gasteiger partial charge in [-0.25, -0.2) is 4.98 Å². The first-order chi connectivity index (χ1) is 8.22. The predicted molar refractivity (Wildman–Crippen MR) is 66.8 cm³/mol. The van der Waals surface area contributed by atoms with E-state index in [2.05, 4.69) is 10.3 Å². The SMILES string of the molecule is O=C(Nc1cc(Cl)ccn1)C1CC2CCC1C2. The van der Waals surface area contributed by atoms with E-state index in [0.717, 1.165) is 12.3 Å². The van der Waals surface area contributed by atoms with Crippen LogP contribution in [0.3, 0.4) is 0 Å². The Morgan fingerprint density at radius 3 is 2.94 bits per heavy atom. The molecule has 2 bridgehead atoms. The maximum absolute atomic E-state index is 12.1. The van der Waals surface area contributed by atoms with Crippen LogP contribution in [0.25, 0.3) is 0 Å². The van der Waals surface area contributed by atoms with E-state index in [1.54, 1.807) is 18.3 Å². The zero-order valence-corrected chi connectivity index (χ0v) is 10.3. The lowest BCUT2D eigenvalue weighted by Crippen LogP contribution is -2.27. The van der Waals surface area contributed by atoms with Crippen LogP contribution in [-0.4, -0.2) is 10.9 Å². The molecule has 1 N–H and O–H groups in total. The summed E-state index contributed by atoms with van der Waals surface area (Å²) in [5.41, 5.74) is 0. The minimum absolute atomic E-state index is 0.118. The van der Waals surface area contributed by atoms with E-state index in [0.29, 0.717) is 16.8 Å². The number of halogens is 1. The smallest absolute Gasteiger partial charge is 0.228 e. The number of rotatable bonds is 2. The monoisotopic (exact) mass is 250 g/mol. The van der Waals surface area contributed by atoms with Gasteiger partial charge in [0, 0.05) is 17.1 Å². The Labute approximate surface area is 106 Å². The van der Waals surface area contributed by atoms with Crippen molar-refractivity contribution in [2.24, 2.45) is 17.8 Å². The van der Waals surface area contributed by atoms with Crippen molar-refractivity contribution in [1.29, 1.82) is 0 Å². The quantitative estimate of drug-likeness (QED) is 0.876. The van der Waals surface area contributed by atoms with E-state index in [9.17, 15) is 4.79 Å². The Bertz CT molecular complexity index is 449. The van der Waals surface area contributed by atoms with Gasteiger partial charge in [0.2, 0.25) is 5.91 Å². The normalized spacial score (nSPS) is 30.5. The highest BCUT2D eigenvalue weighted by atomic mass is 35.5. The number of carbonyl (C=O) groups is 1. The van der Waals surface area contributed by atoms with Crippen molar-refractivity contribution in [3.05, 3.63) is 23.4 Å². The molecule has 0 aromatic carbocycles. The Morgan fingerprint density at radius 1 is 1.41 bits per heavy atom. The van der Waals surface area contributed by atoms with Crippen molar-refractivity contribution in [3.63, 3.8) is 0 Å². The molecule has 2 fully saturated rings. The number of anilines is 1. The van der Waals surface area contributed by atoms with Crippen LogP contribution >= 0.6 is 11.6 Å². The summed E-state index contributed by atoms with van der Waals surface area (Å²) in [4.78, 5) is 16.2. The van der Waals surface area contributed by atoms with Crippen molar-refractivity contribution in [2.45, 2.75) is 25.7 Å². The molecule has 17 heavy (non-hydrogen) atoms. The first kappa shape index (κ1) is 11.0. The highest BCUT2D eigenvalue weighted by Gasteiger charge is 2.43. The number of fused-ring (bicyclic) bond motifs is 2. The number of nitrogens with one attached hydrogen (secondary N) is 1. The molecule has 4 heteroatoms. The summed E-state index contributed by atoms with van der Waals surface area (Å²) < 4.78 is 0. The molecule has 0 spiro atoms. The molecule has 0 saturated heterocycles. The number of amides is 1. The standard InChI is InChI=1S/C13H15ClN2O/c14-10-3-4-15-12(7-10)16-13(17)11-6-8-1-2-9(11)5-8/h3-4,7-9,11H,1-2,5-6H2,(H,15,16,17). The summed E-state index contributed by atoms with van der Waals surface area (Å²) >= 11 is 5.86. The Morgan fingerprint density at radius 2 is 2.29 bits per heavy atom. The summed E-state index contributed by atoms with van der Waals surface area (Å²) in [5, 5.41) is 3.48.